The van der Waals surface area contributed by atoms with Gasteiger partial charge >= 0.3 is 0 Å². The van der Waals surface area contributed by atoms with Gasteiger partial charge in [0.2, 0.25) is 0 Å². The van der Waals surface area contributed by atoms with Gasteiger partial charge in [-0.05, 0) is 24.8 Å². The van der Waals surface area contributed by atoms with Crippen LogP contribution in [0.3, 0.4) is 0 Å². The zero-order valence-corrected chi connectivity index (χ0v) is 10.7. The fraction of sp³-hybridized carbons (Fsp3) is 0.571. The molecule has 2 heteroatoms. The summed E-state index contributed by atoms with van der Waals surface area (Å²) in [5.74, 6) is 0.449. The molecule has 0 fully saturated rings. The van der Waals surface area contributed by atoms with E-state index in [0.29, 0.717) is 5.92 Å². The second-order valence-electron chi connectivity index (χ2n) is 4.80. The van der Waals surface area contributed by atoms with Crippen LogP contribution in [0.25, 0.3) is 0 Å². The third-order valence-corrected chi connectivity index (χ3v) is 2.94. The molecule has 2 N–H and O–H groups in total. The summed E-state index contributed by atoms with van der Waals surface area (Å²) in [6, 6.07) is 8.59. The van der Waals surface area contributed by atoms with Gasteiger partial charge in [0.25, 0.3) is 0 Å². The molecule has 0 aliphatic carbocycles. The van der Waals surface area contributed by atoms with Crippen molar-refractivity contribution in [3.8, 4) is 0 Å². The summed E-state index contributed by atoms with van der Waals surface area (Å²) in [5.41, 5.74) is 8.73. The molecule has 1 aromatic rings. The molecule has 16 heavy (non-hydrogen) atoms. The first kappa shape index (κ1) is 13.2. The largest absolute Gasteiger partial charge is 0.380 e. The summed E-state index contributed by atoms with van der Waals surface area (Å²) < 4.78 is 5.44. The molecular formula is C14H23NO. The number of hydrogen-bond acceptors (Lipinski definition) is 2. The molecule has 0 aliphatic heterocycles. The zero-order valence-electron chi connectivity index (χ0n) is 10.7. The van der Waals surface area contributed by atoms with Crippen LogP contribution in [0.15, 0.2) is 24.3 Å². The zero-order chi connectivity index (χ0) is 12.1. The minimum Gasteiger partial charge on any atom is -0.380 e. The van der Waals surface area contributed by atoms with E-state index in [0.717, 1.165) is 6.42 Å². The monoisotopic (exact) mass is 221 g/mol. The molecule has 0 bridgehead atoms. The van der Waals surface area contributed by atoms with E-state index in [9.17, 15) is 0 Å². The average molecular weight is 221 g/mol. The number of benzene rings is 1. The predicted octanol–water partition coefficient (Wildman–Crippen LogP) is 2.54. The smallest absolute Gasteiger partial charge is 0.0748 e. The topological polar surface area (TPSA) is 35.2 Å². The van der Waals surface area contributed by atoms with Gasteiger partial charge < -0.3 is 10.5 Å². The molecule has 2 atom stereocenters. The van der Waals surface area contributed by atoms with E-state index in [1.807, 2.05) is 0 Å². The third-order valence-electron chi connectivity index (χ3n) is 2.94. The van der Waals surface area contributed by atoms with E-state index in [-0.39, 0.29) is 12.1 Å². The second kappa shape index (κ2) is 6.02. The molecule has 1 aromatic carbocycles. The van der Waals surface area contributed by atoms with Gasteiger partial charge in [-0.25, -0.2) is 0 Å². The van der Waals surface area contributed by atoms with E-state index in [2.05, 4.69) is 45.0 Å². The Morgan fingerprint density at radius 3 is 2.19 bits per heavy atom. The van der Waals surface area contributed by atoms with E-state index in [4.69, 9.17) is 10.5 Å². The van der Waals surface area contributed by atoms with Gasteiger partial charge in [-0.1, -0.05) is 43.7 Å². The molecule has 2 unspecified atom stereocenters. The Morgan fingerprint density at radius 1 is 1.19 bits per heavy atom. The van der Waals surface area contributed by atoms with Gasteiger partial charge in [0, 0.05) is 13.2 Å². The van der Waals surface area contributed by atoms with Crippen LogP contribution in [0, 0.1) is 12.8 Å². The SMILES string of the molecule is COC(C(C)C)C(N)Cc1ccc(C)cc1. The fourth-order valence-corrected chi connectivity index (χ4v) is 2.05. The van der Waals surface area contributed by atoms with Gasteiger partial charge in [0.1, 0.15) is 0 Å². The first-order valence-corrected chi connectivity index (χ1v) is 5.88. The number of methoxy groups -OCH3 is 1. The Kier molecular flexibility index (Phi) is 4.97. The van der Waals surface area contributed by atoms with Crippen LogP contribution in [0.5, 0.6) is 0 Å². The quantitative estimate of drug-likeness (QED) is 0.829. The van der Waals surface area contributed by atoms with Crippen molar-refractivity contribution < 1.29 is 4.74 Å². The molecule has 0 spiro atoms. The highest BCUT2D eigenvalue weighted by atomic mass is 16.5. The van der Waals surface area contributed by atoms with Gasteiger partial charge in [0.15, 0.2) is 0 Å². The van der Waals surface area contributed by atoms with E-state index in [1.165, 1.54) is 11.1 Å². The fourth-order valence-electron chi connectivity index (χ4n) is 2.05. The van der Waals surface area contributed by atoms with E-state index < -0.39 is 0 Å². The van der Waals surface area contributed by atoms with Crippen molar-refractivity contribution in [3.63, 3.8) is 0 Å². The van der Waals surface area contributed by atoms with Crippen LogP contribution in [0.4, 0.5) is 0 Å². The van der Waals surface area contributed by atoms with Gasteiger partial charge in [-0.3, -0.25) is 0 Å². The van der Waals surface area contributed by atoms with Crippen LogP contribution >= 0.6 is 0 Å². The first-order chi connectivity index (χ1) is 7.54. The molecule has 0 amide bonds. The van der Waals surface area contributed by atoms with Crippen LogP contribution < -0.4 is 5.73 Å². The molecule has 1 rings (SSSR count). The normalized spacial score (nSPS) is 15.1. The third kappa shape index (κ3) is 3.62. The van der Waals surface area contributed by atoms with Crippen molar-refractivity contribution in [1.29, 1.82) is 0 Å². The lowest BCUT2D eigenvalue weighted by atomic mass is 9.94. The highest BCUT2D eigenvalue weighted by Gasteiger charge is 2.20. The molecule has 0 heterocycles. The Morgan fingerprint density at radius 2 is 1.75 bits per heavy atom. The summed E-state index contributed by atoms with van der Waals surface area (Å²) in [4.78, 5) is 0. The van der Waals surface area contributed by atoms with Crippen molar-refractivity contribution in [2.45, 2.75) is 39.3 Å². The molecule has 2 nitrogen and oxygen atoms in total. The minimum absolute atomic E-state index is 0.0627. The minimum atomic E-state index is 0.0627. The number of rotatable bonds is 5. The lowest BCUT2D eigenvalue weighted by Crippen LogP contribution is -2.41. The molecule has 0 radical (unpaired) electrons. The number of nitrogens with two attached hydrogens (primary N) is 1. The number of hydrogen-bond donors (Lipinski definition) is 1. The second-order valence-corrected chi connectivity index (χ2v) is 4.80. The lowest BCUT2D eigenvalue weighted by Gasteiger charge is -2.26. The molecule has 90 valence electrons. The molecule has 0 aliphatic rings. The first-order valence-electron chi connectivity index (χ1n) is 5.88. The molecule has 0 saturated carbocycles. The van der Waals surface area contributed by atoms with Crippen LogP contribution in [0.2, 0.25) is 0 Å². The van der Waals surface area contributed by atoms with Gasteiger partial charge in [-0.2, -0.15) is 0 Å². The standard InChI is InChI=1S/C14H23NO/c1-10(2)14(16-4)13(15)9-12-7-5-11(3)6-8-12/h5-8,10,13-14H,9,15H2,1-4H3. The Balaban J connectivity index is 2.62. The van der Waals surface area contributed by atoms with Crippen molar-refractivity contribution in [2.24, 2.45) is 11.7 Å². The molecular weight excluding hydrogens is 198 g/mol. The highest BCUT2D eigenvalue weighted by Crippen LogP contribution is 2.13. The van der Waals surface area contributed by atoms with E-state index >= 15 is 0 Å². The van der Waals surface area contributed by atoms with Crippen molar-refractivity contribution in [2.75, 3.05) is 7.11 Å². The summed E-state index contributed by atoms with van der Waals surface area (Å²) in [7, 11) is 1.74. The Labute approximate surface area is 98.8 Å². The Hall–Kier alpha value is -0.860. The average Bonchev–Trinajstić information content (AvgIpc) is 2.22. The van der Waals surface area contributed by atoms with Crippen LogP contribution in [-0.4, -0.2) is 19.3 Å². The van der Waals surface area contributed by atoms with Crippen molar-refractivity contribution >= 4 is 0 Å². The molecule has 0 aromatic heterocycles. The van der Waals surface area contributed by atoms with Crippen LogP contribution in [-0.2, 0) is 11.2 Å². The van der Waals surface area contributed by atoms with E-state index in [1.54, 1.807) is 7.11 Å². The summed E-state index contributed by atoms with van der Waals surface area (Å²) in [5, 5.41) is 0. The predicted molar refractivity (Wildman–Crippen MR) is 68.5 cm³/mol. The van der Waals surface area contributed by atoms with Crippen LogP contribution in [0.1, 0.15) is 25.0 Å². The van der Waals surface area contributed by atoms with Gasteiger partial charge in [0.05, 0.1) is 6.10 Å². The maximum Gasteiger partial charge on any atom is 0.0748 e. The maximum atomic E-state index is 6.17. The molecule has 0 saturated heterocycles. The summed E-state index contributed by atoms with van der Waals surface area (Å²) in [6.45, 7) is 6.38. The summed E-state index contributed by atoms with van der Waals surface area (Å²) in [6.07, 6.45) is 0.998. The maximum absolute atomic E-state index is 6.17. The number of ether oxygens (including phenoxy) is 1. The Bertz CT molecular complexity index is 305. The van der Waals surface area contributed by atoms with Crippen molar-refractivity contribution in [3.05, 3.63) is 35.4 Å². The van der Waals surface area contributed by atoms with Crippen molar-refractivity contribution in [1.82, 2.24) is 0 Å². The summed E-state index contributed by atoms with van der Waals surface area (Å²) >= 11 is 0. The highest BCUT2D eigenvalue weighted by molar-refractivity contribution is 5.22. The van der Waals surface area contributed by atoms with Gasteiger partial charge in [-0.15, -0.1) is 0 Å². The lowest BCUT2D eigenvalue weighted by molar-refractivity contribution is 0.0441. The number of aryl methyl sites for hydroxylation is 1.